The van der Waals surface area contributed by atoms with Gasteiger partial charge in [0.05, 0.1) is 18.3 Å². The first-order valence-electron chi connectivity index (χ1n) is 13.7. The van der Waals surface area contributed by atoms with Crippen LogP contribution in [0.1, 0.15) is 99.8 Å². The quantitative estimate of drug-likeness (QED) is 0.396. The van der Waals surface area contributed by atoms with Crippen LogP contribution in [0.25, 0.3) is 0 Å². The first kappa shape index (κ1) is 23.8. The van der Waals surface area contributed by atoms with Crippen molar-refractivity contribution in [1.82, 2.24) is 0 Å². The molecule has 5 rings (SSSR count). The lowest BCUT2D eigenvalue weighted by Gasteiger charge is -2.63. The summed E-state index contributed by atoms with van der Waals surface area (Å²) < 4.78 is 20.7. The van der Waals surface area contributed by atoms with E-state index in [9.17, 15) is 0 Å². The predicted octanol–water partition coefficient (Wildman–Crippen LogP) is 7.55. The molecule has 4 heteroatoms. The molecule has 5 fully saturated rings. The van der Waals surface area contributed by atoms with E-state index in [4.69, 9.17) is 13.9 Å². The zero-order valence-corrected chi connectivity index (χ0v) is 23.4. The fraction of sp³-hybridized carbons (Fsp3) is 1.00. The average molecular weight is 463 g/mol. The van der Waals surface area contributed by atoms with Crippen molar-refractivity contribution in [2.45, 2.75) is 142 Å². The molecule has 0 spiro atoms. The lowest BCUT2D eigenvalue weighted by Crippen LogP contribution is -2.63. The summed E-state index contributed by atoms with van der Waals surface area (Å²) in [6.45, 7) is 21.6. The van der Waals surface area contributed by atoms with Gasteiger partial charge in [-0.25, -0.2) is 0 Å². The molecule has 9 atom stereocenters. The second kappa shape index (κ2) is 7.31. The molecule has 1 saturated heterocycles. The topological polar surface area (TPSA) is 27.7 Å². The zero-order chi connectivity index (χ0) is 23.3. The van der Waals surface area contributed by atoms with Gasteiger partial charge in [-0.15, -0.1) is 0 Å². The number of fused-ring (bicyclic) bond motifs is 8. The predicted molar refractivity (Wildman–Crippen MR) is 133 cm³/mol. The lowest BCUT2D eigenvalue weighted by atomic mass is 9.44. The molecule has 0 aromatic carbocycles. The van der Waals surface area contributed by atoms with E-state index in [-0.39, 0.29) is 16.6 Å². The standard InChI is InChI=1S/C28H50O3Si/c1-25(2,3)32(8,9)31-21-14-13-18-22-19(15-17-28(18,21)7)27(6)16-11-10-12-20(27)23-24(22)30-26(4,5)29-23/h18-24H,10-17H2,1-9H3/t18?,19?,20?,21?,22?,23?,24?,27-,28+/m1/s1. The summed E-state index contributed by atoms with van der Waals surface area (Å²) in [6.07, 6.45) is 11.7. The maximum Gasteiger partial charge on any atom is 0.192 e. The van der Waals surface area contributed by atoms with Crippen LogP contribution in [0.2, 0.25) is 18.1 Å². The fourth-order valence-electron chi connectivity index (χ4n) is 8.91. The van der Waals surface area contributed by atoms with Gasteiger partial charge in [-0.1, -0.05) is 47.5 Å². The summed E-state index contributed by atoms with van der Waals surface area (Å²) in [5.41, 5.74) is 0.711. The van der Waals surface area contributed by atoms with Gasteiger partial charge in [0.1, 0.15) is 0 Å². The van der Waals surface area contributed by atoms with Crippen LogP contribution in [-0.4, -0.2) is 32.4 Å². The highest BCUT2D eigenvalue weighted by Gasteiger charge is 2.68. The van der Waals surface area contributed by atoms with Crippen molar-refractivity contribution in [2.24, 2.45) is 34.5 Å². The smallest absolute Gasteiger partial charge is 0.192 e. The summed E-state index contributed by atoms with van der Waals surface area (Å²) in [7, 11) is -1.79. The molecule has 4 aliphatic carbocycles. The van der Waals surface area contributed by atoms with Gasteiger partial charge in [-0.3, -0.25) is 0 Å². The van der Waals surface area contributed by atoms with Crippen LogP contribution in [-0.2, 0) is 13.9 Å². The maximum atomic E-state index is 7.17. The Labute approximate surface area is 198 Å². The summed E-state index contributed by atoms with van der Waals surface area (Å²) in [6, 6.07) is 0. The Balaban J connectivity index is 1.49. The Morgan fingerprint density at radius 2 is 1.41 bits per heavy atom. The van der Waals surface area contributed by atoms with Crippen LogP contribution in [0.4, 0.5) is 0 Å². The molecule has 32 heavy (non-hydrogen) atoms. The molecule has 4 saturated carbocycles. The van der Waals surface area contributed by atoms with Gasteiger partial charge in [0.15, 0.2) is 14.1 Å². The van der Waals surface area contributed by atoms with E-state index in [1.54, 1.807) is 0 Å². The summed E-state index contributed by atoms with van der Waals surface area (Å²) in [5, 5.41) is 0.268. The maximum absolute atomic E-state index is 7.17. The summed E-state index contributed by atoms with van der Waals surface area (Å²) in [4.78, 5) is 0. The SMILES string of the molecule is CC1(C)OC2C(O1)C1CCCC[C@]1(C)C1CC[C@]3(C)C(O[Si](C)(C)C(C)(C)C)CCC3C21. The molecular weight excluding hydrogens is 412 g/mol. The number of hydrogen-bond acceptors (Lipinski definition) is 3. The molecule has 0 aromatic rings. The highest BCUT2D eigenvalue weighted by Crippen LogP contribution is 2.69. The second-order valence-corrected chi connectivity index (χ2v) is 19.5. The van der Waals surface area contributed by atoms with Crippen molar-refractivity contribution in [3.8, 4) is 0 Å². The number of hydrogen-bond donors (Lipinski definition) is 0. The third-order valence-corrected chi connectivity index (χ3v) is 16.1. The van der Waals surface area contributed by atoms with E-state index in [0.29, 0.717) is 35.4 Å². The van der Waals surface area contributed by atoms with Gasteiger partial charge in [0.2, 0.25) is 0 Å². The van der Waals surface area contributed by atoms with E-state index in [2.05, 4.69) is 61.6 Å². The Morgan fingerprint density at radius 3 is 2.09 bits per heavy atom. The van der Waals surface area contributed by atoms with Gasteiger partial charge < -0.3 is 13.9 Å². The van der Waals surface area contributed by atoms with Gasteiger partial charge in [0.25, 0.3) is 0 Å². The van der Waals surface area contributed by atoms with E-state index >= 15 is 0 Å². The molecule has 0 aromatic heterocycles. The van der Waals surface area contributed by atoms with E-state index in [0.717, 1.165) is 5.92 Å². The number of ether oxygens (including phenoxy) is 2. The van der Waals surface area contributed by atoms with Gasteiger partial charge in [-0.2, -0.15) is 0 Å². The van der Waals surface area contributed by atoms with Crippen molar-refractivity contribution in [3.63, 3.8) is 0 Å². The van der Waals surface area contributed by atoms with E-state index in [1.165, 1.54) is 51.4 Å². The fourth-order valence-corrected chi connectivity index (χ4v) is 10.4. The molecule has 184 valence electrons. The van der Waals surface area contributed by atoms with Crippen LogP contribution in [0.3, 0.4) is 0 Å². The monoisotopic (exact) mass is 462 g/mol. The highest BCUT2D eigenvalue weighted by atomic mass is 28.4. The Bertz CT molecular complexity index is 741. The van der Waals surface area contributed by atoms with Gasteiger partial charge in [-0.05, 0) is 105 Å². The zero-order valence-electron chi connectivity index (χ0n) is 22.4. The molecule has 0 radical (unpaired) electrons. The van der Waals surface area contributed by atoms with Gasteiger partial charge >= 0.3 is 0 Å². The minimum atomic E-state index is -1.79. The minimum absolute atomic E-state index is 0.268. The molecule has 7 unspecified atom stereocenters. The Hall–Kier alpha value is 0.0969. The van der Waals surface area contributed by atoms with E-state index < -0.39 is 14.1 Å². The molecule has 3 nitrogen and oxygen atoms in total. The van der Waals surface area contributed by atoms with Crippen molar-refractivity contribution in [3.05, 3.63) is 0 Å². The van der Waals surface area contributed by atoms with Crippen molar-refractivity contribution in [1.29, 1.82) is 0 Å². The lowest BCUT2D eigenvalue weighted by molar-refractivity contribution is -0.182. The van der Waals surface area contributed by atoms with Crippen LogP contribution >= 0.6 is 0 Å². The van der Waals surface area contributed by atoms with Crippen molar-refractivity contribution >= 4 is 8.32 Å². The van der Waals surface area contributed by atoms with E-state index in [1.807, 2.05) is 0 Å². The van der Waals surface area contributed by atoms with Gasteiger partial charge in [0, 0.05) is 0 Å². The Kier molecular flexibility index (Phi) is 5.44. The average Bonchev–Trinajstić information content (AvgIpc) is 3.16. The van der Waals surface area contributed by atoms with Crippen molar-refractivity contribution < 1.29 is 13.9 Å². The van der Waals surface area contributed by atoms with Crippen LogP contribution in [0.5, 0.6) is 0 Å². The summed E-state index contributed by atoms with van der Waals surface area (Å²) >= 11 is 0. The third-order valence-electron chi connectivity index (χ3n) is 11.6. The second-order valence-electron chi connectivity index (χ2n) is 14.7. The molecule has 0 N–H and O–H groups in total. The minimum Gasteiger partial charge on any atom is -0.413 e. The number of rotatable bonds is 2. The largest absolute Gasteiger partial charge is 0.413 e. The molecule has 0 bridgehead atoms. The highest BCUT2D eigenvalue weighted by molar-refractivity contribution is 6.74. The normalized spacial score (nSPS) is 50.3. The molecule has 1 aliphatic heterocycles. The Morgan fingerprint density at radius 1 is 0.750 bits per heavy atom. The van der Waals surface area contributed by atoms with Crippen LogP contribution < -0.4 is 0 Å². The molecule has 5 aliphatic rings. The van der Waals surface area contributed by atoms with Crippen LogP contribution in [0, 0.1) is 34.5 Å². The van der Waals surface area contributed by atoms with Crippen molar-refractivity contribution in [2.75, 3.05) is 0 Å². The van der Waals surface area contributed by atoms with Crippen LogP contribution in [0.15, 0.2) is 0 Å². The molecular formula is C28H50O3Si. The first-order valence-corrected chi connectivity index (χ1v) is 16.6. The molecule has 0 amide bonds. The third kappa shape index (κ3) is 3.36. The molecule has 1 heterocycles. The first-order chi connectivity index (χ1) is 14.7. The summed E-state index contributed by atoms with van der Waals surface area (Å²) in [5.74, 6) is 2.37.